The van der Waals surface area contributed by atoms with Gasteiger partial charge in [-0.05, 0) is 62.1 Å². The number of aliphatic hydroxyl groups is 1. The number of hydrogen-bond acceptors (Lipinski definition) is 5. The number of ether oxygens (including phenoxy) is 1. The SMILES string of the molecule is OC(COSc1cccc2c1OCCC2)CN1CCCC2(CCCCC2)C1. The molecule has 1 N–H and O–H groups in total. The Hall–Kier alpha value is -0.750. The van der Waals surface area contributed by atoms with E-state index in [0.717, 1.165) is 49.7 Å². The van der Waals surface area contributed by atoms with E-state index in [9.17, 15) is 5.11 Å². The van der Waals surface area contributed by atoms with Crippen molar-refractivity contribution in [2.45, 2.75) is 68.8 Å². The number of para-hydroxylation sites is 1. The summed E-state index contributed by atoms with van der Waals surface area (Å²) in [6.45, 7) is 4.15. The molecule has 5 heteroatoms. The first-order chi connectivity index (χ1) is 13.2. The number of piperidine rings is 1. The summed E-state index contributed by atoms with van der Waals surface area (Å²) in [4.78, 5) is 3.50. The average molecular weight is 392 g/mol. The van der Waals surface area contributed by atoms with Crippen molar-refractivity contribution in [3.8, 4) is 5.75 Å². The van der Waals surface area contributed by atoms with Crippen LogP contribution in [0, 0.1) is 5.41 Å². The number of fused-ring (bicyclic) bond motifs is 1. The Kier molecular flexibility index (Phi) is 6.64. The van der Waals surface area contributed by atoms with E-state index in [1.807, 2.05) is 6.07 Å². The van der Waals surface area contributed by atoms with Gasteiger partial charge in [0.25, 0.3) is 0 Å². The molecule has 150 valence electrons. The number of β-amino-alcohol motifs (C(OH)–C–C–N with tert-alkyl or cyclic N) is 1. The van der Waals surface area contributed by atoms with E-state index in [1.54, 1.807) is 0 Å². The highest BCUT2D eigenvalue weighted by molar-refractivity contribution is 7.94. The first kappa shape index (κ1) is 19.6. The maximum Gasteiger partial charge on any atom is 0.138 e. The van der Waals surface area contributed by atoms with Crippen molar-refractivity contribution < 1.29 is 14.0 Å². The molecule has 1 saturated heterocycles. The van der Waals surface area contributed by atoms with Crippen LogP contribution in [0.2, 0.25) is 0 Å². The van der Waals surface area contributed by atoms with Crippen LogP contribution in [0.4, 0.5) is 0 Å². The zero-order chi connectivity index (χ0) is 18.5. The van der Waals surface area contributed by atoms with E-state index >= 15 is 0 Å². The molecule has 1 unspecified atom stereocenters. The third-order valence-corrected chi connectivity index (χ3v) is 7.19. The maximum absolute atomic E-state index is 10.5. The van der Waals surface area contributed by atoms with Gasteiger partial charge in [-0.2, -0.15) is 0 Å². The lowest BCUT2D eigenvalue weighted by molar-refractivity contribution is 0.0137. The summed E-state index contributed by atoms with van der Waals surface area (Å²) in [6.07, 6.45) is 11.3. The Balaban J connectivity index is 1.24. The molecule has 4 rings (SSSR count). The predicted octanol–water partition coefficient (Wildman–Crippen LogP) is 4.44. The molecule has 0 bridgehead atoms. The Labute approximate surface area is 167 Å². The number of nitrogens with zero attached hydrogens (tertiary/aromatic N) is 1. The van der Waals surface area contributed by atoms with Crippen LogP contribution in [-0.2, 0) is 10.6 Å². The smallest absolute Gasteiger partial charge is 0.138 e. The van der Waals surface area contributed by atoms with E-state index in [-0.39, 0.29) is 0 Å². The second-order valence-electron chi connectivity index (χ2n) is 8.62. The minimum atomic E-state index is -0.434. The Bertz CT molecular complexity index is 612. The fourth-order valence-electron chi connectivity index (χ4n) is 5.13. The number of aryl methyl sites for hydroxylation is 1. The Morgan fingerprint density at radius 2 is 2.00 bits per heavy atom. The molecule has 1 aromatic rings. The first-order valence-corrected chi connectivity index (χ1v) is 11.4. The van der Waals surface area contributed by atoms with Gasteiger partial charge in [0.1, 0.15) is 5.75 Å². The van der Waals surface area contributed by atoms with Crippen molar-refractivity contribution >= 4 is 12.0 Å². The monoisotopic (exact) mass is 391 g/mol. The van der Waals surface area contributed by atoms with Gasteiger partial charge >= 0.3 is 0 Å². The third-order valence-electron chi connectivity index (χ3n) is 6.43. The van der Waals surface area contributed by atoms with Crippen molar-refractivity contribution in [2.24, 2.45) is 5.41 Å². The lowest BCUT2D eigenvalue weighted by Gasteiger charge is -2.45. The Morgan fingerprint density at radius 1 is 1.15 bits per heavy atom. The van der Waals surface area contributed by atoms with Gasteiger partial charge < -0.3 is 18.9 Å². The summed E-state index contributed by atoms with van der Waals surface area (Å²) in [5.41, 5.74) is 1.80. The highest BCUT2D eigenvalue weighted by atomic mass is 32.2. The molecule has 1 aliphatic carbocycles. The van der Waals surface area contributed by atoms with Crippen molar-refractivity contribution in [1.29, 1.82) is 0 Å². The predicted molar refractivity (Wildman–Crippen MR) is 109 cm³/mol. The fraction of sp³-hybridized carbons (Fsp3) is 0.727. The molecule has 0 amide bonds. The van der Waals surface area contributed by atoms with Crippen LogP contribution in [0.3, 0.4) is 0 Å². The number of rotatable bonds is 6. The van der Waals surface area contributed by atoms with Crippen molar-refractivity contribution in [1.82, 2.24) is 4.90 Å². The maximum atomic E-state index is 10.5. The molecule has 4 nitrogen and oxygen atoms in total. The molecule has 1 spiro atoms. The van der Waals surface area contributed by atoms with E-state index < -0.39 is 6.10 Å². The summed E-state index contributed by atoms with van der Waals surface area (Å²) in [5.74, 6) is 0.971. The van der Waals surface area contributed by atoms with Crippen LogP contribution in [0.1, 0.15) is 56.9 Å². The van der Waals surface area contributed by atoms with E-state index in [4.69, 9.17) is 8.92 Å². The van der Waals surface area contributed by atoms with Gasteiger partial charge in [0.15, 0.2) is 0 Å². The van der Waals surface area contributed by atoms with Gasteiger partial charge in [-0.3, -0.25) is 0 Å². The molecule has 1 atom stereocenters. The average Bonchev–Trinajstić information content (AvgIpc) is 2.69. The zero-order valence-electron chi connectivity index (χ0n) is 16.3. The molecule has 1 saturated carbocycles. The zero-order valence-corrected chi connectivity index (χ0v) is 17.1. The van der Waals surface area contributed by atoms with Crippen molar-refractivity contribution in [2.75, 3.05) is 32.8 Å². The molecule has 2 heterocycles. The number of likely N-dealkylation sites (tertiary alicyclic amines) is 1. The van der Waals surface area contributed by atoms with Gasteiger partial charge in [0, 0.05) is 25.1 Å². The quantitative estimate of drug-likeness (QED) is 0.726. The molecule has 0 aromatic heterocycles. The normalized spacial score (nSPS) is 23.6. The van der Waals surface area contributed by atoms with Crippen molar-refractivity contribution in [3.05, 3.63) is 23.8 Å². The molecule has 2 fully saturated rings. The van der Waals surface area contributed by atoms with Gasteiger partial charge in [-0.1, -0.05) is 31.4 Å². The lowest BCUT2D eigenvalue weighted by Crippen LogP contribution is -2.47. The summed E-state index contributed by atoms with van der Waals surface area (Å²) in [7, 11) is 0. The summed E-state index contributed by atoms with van der Waals surface area (Å²) >= 11 is 1.34. The number of benzene rings is 1. The van der Waals surface area contributed by atoms with Crippen LogP contribution in [0.25, 0.3) is 0 Å². The van der Waals surface area contributed by atoms with E-state index in [1.165, 1.54) is 62.6 Å². The van der Waals surface area contributed by atoms with Gasteiger partial charge in [0.2, 0.25) is 0 Å². The van der Waals surface area contributed by atoms with Crippen LogP contribution >= 0.6 is 12.0 Å². The van der Waals surface area contributed by atoms with Crippen LogP contribution in [-0.4, -0.2) is 49.0 Å². The molecule has 0 radical (unpaired) electrons. The standard InChI is InChI=1S/C22H33NO3S/c24-19(15-23-13-6-12-22(17-23)10-2-1-3-11-22)16-26-27-20-9-4-7-18-8-5-14-25-21(18)20/h4,7,9,19,24H,1-3,5-6,8,10-17H2. The van der Waals surface area contributed by atoms with Gasteiger partial charge in [-0.15, -0.1) is 0 Å². The van der Waals surface area contributed by atoms with Gasteiger partial charge in [-0.25, -0.2) is 0 Å². The highest BCUT2D eigenvalue weighted by Crippen LogP contribution is 2.43. The summed E-state index contributed by atoms with van der Waals surface area (Å²) < 4.78 is 11.6. The summed E-state index contributed by atoms with van der Waals surface area (Å²) in [5, 5.41) is 10.5. The van der Waals surface area contributed by atoms with Crippen LogP contribution in [0.15, 0.2) is 23.1 Å². The molecule has 27 heavy (non-hydrogen) atoms. The van der Waals surface area contributed by atoms with Crippen molar-refractivity contribution in [3.63, 3.8) is 0 Å². The second-order valence-corrected chi connectivity index (χ2v) is 9.46. The lowest BCUT2D eigenvalue weighted by atomic mass is 9.69. The van der Waals surface area contributed by atoms with Gasteiger partial charge in [0.05, 0.1) is 24.2 Å². The first-order valence-electron chi connectivity index (χ1n) is 10.7. The molecule has 3 aliphatic rings. The molecule has 2 aliphatic heterocycles. The van der Waals surface area contributed by atoms with Crippen LogP contribution < -0.4 is 4.74 Å². The van der Waals surface area contributed by atoms with Crippen LogP contribution in [0.5, 0.6) is 5.75 Å². The number of aliphatic hydroxyl groups excluding tert-OH is 1. The minimum Gasteiger partial charge on any atom is -0.492 e. The van der Waals surface area contributed by atoms with E-state index in [2.05, 4.69) is 17.0 Å². The fourth-order valence-corrected chi connectivity index (χ4v) is 5.88. The Morgan fingerprint density at radius 3 is 2.89 bits per heavy atom. The molecular formula is C22H33NO3S. The summed E-state index contributed by atoms with van der Waals surface area (Å²) in [6, 6.07) is 6.23. The highest BCUT2D eigenvalue weighted by Gasteiger charge is 2.36. The molecular weight excluding hydrogens is 358 g/mol. The number of hydrogen-bond donors (Lipinski definition) is 1. The van der Waals surface area contributed by atoms with E-state index in [0.29, 0.717) is 12.0 Å². The second kappa shape index (κ2) is 9.17. The largest absolute Gasteiger partial charge is 0.492 e. The topological polar surface area (TPSA) is 41.9 Å². The molecule has 1 aromatic carbocycles. The third kappa shape index (κ3) is 5.00. The minimum absolute atomic E-state index is 0.359.